The number of aromatic amines is 1. The van der Waals surface area contributed by atoms with E-state index in [9.17, 15) is 14.4 Å². The fourth-order valence-corrected chi connectivity index (χ4v) is 3.98. The van der Waals surface area contributed by atoms with Gasteiger partial charge in [0, 0.05) is 10.4 Å². The van der Waals surface area contributed by atoms with Gasteiger partial charge in [-0.05, 0) is 43.3 Å². The van der Waals surface area contributed by atoms with E-state index in [2.05, 4.69) is 15.4 Å². The molecule has 0 fully saturated rings. The molecule has 2 aromatic heterocycles. The van der Waals surface area contributed by atoms with Crippen molar-refractivity contribution in [3.63, 3.8) is 0 Å². The molecule has 0 radical (unpaired) electrons. The van der Waals surface area contributed by atoms with E-state index in [-0.39, 0.29) is 11.9 Å². The first kappa shape index (κ1) is 19.6. The van der Waals surface area contributed by atoms with Crippen molar-refractivity contribution in [1.29, 1.82) is 0 Å². The van der Waals surface area contributed by atoms with Gasteiger partial charge in [0.15, 0.2) is 5.13 Å². The highest BCUT2D eigenvalue weighted by molar-refractivity contribution is 7.16. The third kappa shape index (κ3) is 3.74. The SMILES string of the molecule is COc1ccc(-c2nc(NC(=O)Cn3[nH]c(=O)c4ccccc4c3=O)sc2C)cc1. The summed E-state index contributed by atoms with van der Waals surface area (Å²) in [6, 6.07) is 14.0. The number of anilines is 1. The lowest BCUT2D eigenvalue weighted by atomic mass is 10.1. The maximum absolute atomic E-state index is 12.6. The number of nitrogens with zero attached hydrogens (tertiary/aromatic N) is 2. The molecule has 0 aliphatic rings. The molecule has 0 atom stereocenters. The summed E-state index contributed by atoms with van der Waals surface area (Å²) in [5, 5.41) is 6.12. The Labute approximate surface area is 174 Å². The lowest BCUT2D eigenvalue weighted by molar-refractivity contribution is -0.117. The number of amides is 1. The number of fused-ring (bicyclic) bond motifs is 1. The summed E-state index contributed by atoms with van der Waals surface area (Å²) in [6.07, 6.45) is 0. The van der Waals surface area contributed by atoms with Crippen LogP contribution in [-0.4, -0.2) is 27.8 Å². The second kappa shape index (κ2) is 7.96. The van der Waals surface area contributed by atoms with Gasteiger partial charge >= 0.3 is 0 Å². The molecule has 2 aromatic carbocycles. The molecule has 4 aromatic rings. The van der Waals surface area contributed by atoms with Crippen molar-refractivity contribution in [2.24, 2.45) is 0 Å². The molecule has 0 unspecified atom stereocenters. The third-order valence-corrected chi connectivity index (χ3v) is 5.48. The van der Waals surface area contributed by atoms with Gasteiger partial charge in [0.1, 0.15) is 12.3 Å². The summed E-state index contributed by atoms with van der Waals surface area (Å²) in [5.74, 6) is 0.285. The Morgan fingerprint density at radius 2 is 1.83 bits per heavy atom. The fourth-order valence-electron chi connectivity index (χ4n) is 3.13. The molecule has 0 aliphatic carbocycles. The summed E-state index contributed by atoms with van der Waals surface area (Å²) >= 11 is 1.33. The normalized spacial score (nSPS) is 10.9. The number of aryl methyl sites for hydroxylation is 1. The van der Waals surface area contributed by atoms with Crippen LogP contribution in [0, 0.1) is 6.92 Å². The summed E-state index contributed by atoms with van der Waals surface area (Å²) in [5.41, 5.74) is 0.800. The van der Waals surface area contributed by atoms with Crippen molar-refractivity contribution in [2.75, 3.05) is 12.4 Å². The van der Waals surface area contributed by atoms with E-state index in [0.29, 0.717) is 10.5 Å². The number of carbonyl (C=O) groups excluding carboxylic acids is 1. The van der Waals surface area contributed by atoms with E-state index >= 15 is 0 Å². The highest BCUT2D eigenvalue weighted by Crippen LogP contribution is 2.31. The zero-order valence-corrected chi connectivity index (χ0v) is 17.1. The monoisotopic (exact) mass is 422 g/mol. The van der Waals surface area contributed by atoms with E-state index < -0.39 is 17.0 Å². The average Bonchev–Trinajstić information content (AvgIpc) is 3.11. The Balaban J connectivity index is 1.55. The molecule has 0 saturated heterocycles. The molecule has 0 spiro atoms. The van der Waals surface area contributed by atoms with E-state index in [1.165, 1.54) is 11.3 Å². The van der Waals surface area contributed by atoms with Crippen LogP contribution in [0.1, 0.15) is 4.88 Å². The largest absolute Gasteiger partial charge is 0.497 e. The van der Waals surface area contributed by atoms with Crippen LogP contribution in [-0.2, 0) is 11.3 Å². The number of methoxy groups -OCH3 is 1. The fraction of sp³-hybridized carbons (Fsp3) is 0.143. The van der Waals surface area contributed by atoms with Crippen LogP contribution in [0.2, 0.25) is 0 Å². The molecule has 2 heterocycles. The van der Waals surface area contributed by atoms with Crippen LogP contribution in [0.15, 0.2) is 58.1 Å². The number of carbonyl (C=O) groups is 1. The van der Waals surface area contributed by atoms with Crippen molar-refractivity contribution < 1.29 is 9.53 Å². The Kier molecular flexibility index (Phi) is 5.20. The molecule has 30 heavy (non-hydrogen) atoms. The van der Waals surface area contributed by atoms with Gasteiger partial charge in [-0.25, -0.2) is 9.67 Å². The molecule has 0 saturated carbocycles. The number of ether oxygens (including phenoxy) is 1. The minimum Gasteiger partial charge on any atom is -0.497 e. The topological polar surface area (TPSA) is 106 Å². The predicted molar refractivity (Wildman–Crippen MR) is 116 cm³/mol. The van der Waals surface area contributed by atoms with Gasteiger partial charge in [0.05, 0.1) is 23.6 Å². The number of H-pyrrole nitrogens is 1. The second-order valence-corrected chi connectivity index (χ2v) is 7.78. The number of aromatic nitrogens is 3. The molecule has 152 valence electrons. The van der Waals surface area contributed by atoms with Crippen molar-refractivity contribution in [3.05, 3.63) is 74.1 Å². The summed E-state index contributed by atoms with van der Waals surface area (Å²) in [4.78, 5) is 42.6. The second-order valence-electron chi connectivity index (χ2n) is 6.58. The van der Waals surface area contributed by atoms with Crippen molar-refractivity contribution in [3.8, 4) is 17.0 Å². The van der Waals surface area contributed by atoms with Crippen LogP contribution >= 0.6 is 11.3 Å². The van der Waals surface area contributed by atoms with Crippen LogP contribution in [0.4, 0.5) is 5.13 Å². The Bertz CT molecular complexity index is 1350. The molecule has 0 bridgehead atoms. The summed E-state index contributed by atoms with van der Waals surface area (Å²) in [6.45, 7) is 1.59. The quantitative estimate of drug-likeness (QED) is 0.514. The predicted octanol–water partition coefficient (Wildman–Crippen LogP) is 2.77. The zero-order chi connectivity index (χ0) is 21.3. The van der Waals surface area contributed by atoms with Crippen molar-refractivity contribution in [2.45, 2.75) is 13.5 Å². The van der Waals surface area contributed by atoms with E-state index in [4.69, 9.17) is 4.74 Å². The third-order valence-electron chi connectivity index (χ3n) is 4.59. The van der Waals surface area contributed by atoms with Crippen LogP contribution in [0.5, 0.6) is 5.75 Å². The van der Waals surface area contributed by atoms with Crippen LogP contribution < -0.4 is 21.2 Å². The lowest BCUT2D eigenvalue weighted by Crippen LogP contribution is -2.34. The maximum atomic E-state index is 12.6. The molecular formula is C21H18N4O4S. The number of thiazole rings is 1. The van der Waals surface area contributed by atoms with Gasteiger partial charge in [-0.1, -0.05) is 12.1 Å². The van der Waals surface area contributed by atoms with E-state index in [1.54, 1.807) is 31.4 Å². The van der Waals surface area contributed by atoms with Gasteiger partial charge in [0.2, 0.25) is 5.91 Å². The Hall–Kier alpha value is -3.72. The van der Waals surface area contributed by atoms with Gasteiger partial charge in [-0.2, -0.15) is 0 Å². The highest BCUT2D eigenvalue weighted by Gasteiger charge is 2.14. The molecule has 2 N–H and O–H groups in total. The smallest absolute Gasteiger partial charge is 0.273 e. The first-order valence-electron chi connectivity index (χ1n) is 9.10. The number of benzene rings is 2. The molecular weight excluding hydrogens is 404 g/mol. The molecule has 8 nitrogen and oxygen atoms in total. The van der Waals surface area contributed by atoms with Crippen LogP contribution in [0.3, 0.4) is 0 Å². The Morgan fingerprint density at radius 3 is 2.53 bits per heavy atom. The van der Waals surface area contributed by atoms with E-state index in [0.717, 1.165) is 26.6 Å². The maximum Gasteiger partial charge on any atom is 0.273 e. The number of rotatable bonds is 5. The van der Waals surface area contributed by atoms with Gasteiger partial charge in [-0.15, -0.1) is 11.3 Å². The molecule has 4 rings (SSSR count). The number of hydrogen-bond donors (Lipinski definition) is 2. The van der Waals surface area contributed by atoms with E-state index in [1.807, 2.05) is 31.2 Å². The van der Waals surface area contributed by atoms with Gasteiger partial charge in [0.25, 0.3) is 11.1 Å². The number of hydrogen-bond acceptors (Lipinski definition) is 6. The minimum atomic E-state index is -0.460. The molecule has 9 heteroatoms. The van der Waals surface area contributed by atoms with Gasteiger partial charge < -0.3 is 10.1 Å². The average molecular weight is 422 g/mol. The molecule has 0 aliphatic heterocycles. The summed E-state index contributed by atoms with van der Waals surface area (Å²) in [7, 11) is 1.60. The molecule has 1 amide bonds. The van der Waals surface area contributed by atoms with Crippen molar-refractivity contribution >= 4 is 33.1 Å². The number of nitrogens with one attached hydrogen (secondary N) is 2. The Morgan fingerprint density at radius 1 is 1.13 bits per heavy atom. The lowest BCUT2D eigenvalue weighted by Gasteiger charge is -2.06. The van der Waals surface area contributed by atoms with Crippen LogP contribution in [0.25, 0.3) is 22.0 Å². The zero-order valence-electron chi connectivity index (χ0n) is 16.3. The summed E-state index contributed by atoms with van der Waals surface area (Å²) < 4.78 is 6.17. The van der Waals surface area contributed by atoms with Crippen molar-refractivity contribution in [1.82, 2.24) is 14.8 Å². The highest BCUT2D eigenvalue weighted by atomic mass is 32.1. The van der Waals surface area contributed by atoms with Gasteiger partial charge in [-0.3, -0.25) is 19.5 Å². The first-order valence-corrected chi connectivity index (χ1v) is 9.91. The minimum absolute atomic E-state index is 0.265. The standard InChI is InChI=1S/C21H18N4O4S/c1-12-18(13-7-9-14(29-2)10-8-13)23-21(30-12)22-17(26)11-25-20(28)16-6-4-3-5-15(16)19(27)24-25/h3-10H,11H2,1-2H3,(H,24,27)(H,22,23,26). The first-order chi connectivity index (χ1) is 14.5.